The van der Waals surface area contributed by atoms with Crippen molar-refractivity contribution < 1.29 is 9.46 Å². The Bertz CT molecular complexity index is 552. The summed E-state index contributed by atoms with van der Waals surface area (Å²) >= 11 is 0. The molecule has 0 fully saturated rings. The summed E-state index contributed by atoms with van der Waals surface area (Å²) < 4.78 is 15.7. The van der Waals surface area contributed by atoms with Crippen molar-refractivity contribution in [2.45, 2.75) is 0 Å². The van der Waals surface area contributed by atoms with Crippen molar-refractivity contribution in [2.75, 3.05) is 0 Å². The second-order valence-corrected chi connectivity index (χ2v) is 5.37. The van der Waals surface area contributed by atoms with Gasteiger partial charge in [-0.15, -0.1) is 0 Å². The van der Waals surface area contributed by atoms with Crippen molar-refractivity contribution in [1.29, 1.82) is 0 Å². The fraction of sp³-hybridized carbons (Fsp3) is 0. The first-order valence-corrected chi connectivity index (χ1v) is 6.79. The van der Waals surface area contributed by atoms with Crippen LogP contribution in [0.2, 0.25) is 0 Å². The maximum Gasteiger partial charge on any atom is 0.342 e. The summed E-state index contributed by atoms with van der Waals surface area (Å²) in [5.41, 5.74) is 0.803. The first kappa shape index (κ1) is 11.8. The van der Waals surface area contributed by atoms with Crippen molar-refractivity contribution in [2.24, 2.45) is 4.76 Å². The topological polar surface area (TPSA) is 49.7 Å². The van der Waals surface area contributed by atoms with Crippen molar-refractivity contribution in [3.63, 3.8) is 0 Å². The van der Waals surface area contributed by atoms with E-state index in [0.29, 0.717) is 5.30 Å². The second-order valence-electron chi connectivity index (χ2n) is 3.53. The zero-order chi connectivity index (χ0) is 12.1. The molecule has 0 saturated carbocycles. The number of hydrogen-bond acceptors (Lipinski definition) is 1. The van der Waals surface area contributed by atoms with Crippen LogP contribution in [0, 0.1) is 0 Å². The van der Waals surface area contributed by atoms with E-state index >= 15 is 0 Å². The van der Waals surface area contributed by atoms with Gasteiger partial charge in [0.1, 0.15) is 0 Å². The van der Waals surface area contributed by atoms with Crippen molar-refractivity contribution in [3.05, 3.63) is 66.2 Å². The minimum Gasteiger partial charge on any atom is -0.325 e. The maximum atomic E-state index is 11.9. The molecule has 2 aromatic rings. The highest BCUT2D eigenvalue weighted by Crippen LogP contribution is 2.40. The molecule has 2 rings (SSSR count). The molecule has 0 aliphatic rings. The van der Waals surface area contributed by atoms with Crippen molar-refractivity contribution in [3.8, 4) is 0 Å². The monoisotopic (exact) mass is 245 g/mol. The zero-order valence-corrected chi connectivity index (χ0v) is 10.00. The average molecular weight is 245 g/mol. The minimum absolute atomic E-state index is 0.340. The van der Waals surface area contributed by atoms with Gasteiger partial charge in [-0.3, -0.25) is 4.57 Å². The molecule has 0 aliphatic heterocycles. The molecule has 0 saturated heterocycles. The van der Waals surface area contributed by atoms with Gasteiger partial charge in [-0.05, 0) is 17.7 Å². The Labute approximate surface area is 100.0 Å². The van der Waals surface area contributed by atoms with E-state index in [2.05, 4.69) is 4.76 Å². The molecule has 0 spiro atoms. The Kier molecular flexibility index (Phi) is 3.52. The predicted octanol–water partition coefficient (Wildman–Crippen LogP) is 2.62. The summed E-state index contributed by atoms with van der Waals surface area (Å²) in [5.74, 6) is 0. The van der Waals surface area contributed by atoms with Gasteiger partial charge in [0.25, 0.3) is 0 Å². The maximum absolute atomic E-state index is 11.9. The highest BCUT2D eigenvalue weighted by molar-refractivity contribution is 7.64. The Morgan fingerprint density at radius 1 is 0.941 bits per heavy atom. The third-order valence-corrected chi connectivity index (χ3v) is 3.65. The van der Waals surface area contributed by atoms with Crippen LogP contribution in [-0.4, -0.2) is 11.1 Å². The quantitative estimate of drug-likeness (QED) is 0.667. The lowest BCUT2D eigenvalue weighted by molar-refractivity contribution is 0.492. The number of benzene rings is 2. The normalized spacial score (nSPS) is 14.6. The Morgan fingerprint density at radius 2 is 1.47 bits per heavy atom. The first-order valence-electron chi connectivity index (χ1n) is 5.17. The van der Waals surface area contributed by atoms with E-state index in [-0.39, 0.29) is 0 Å². The standard InChI is InChI=1S/C13H12NO2P/c15-17(16,13-9-5-2-6-10-13)14-11-12-7-3-1-4-8-12/h1-11H,(H,15,16)/b14-11+. The molecule has 1 N–H and O–H groups in total. The highest BCUT2D eigenvalue weighted by atomic mass is 31.2. The third-order valence-electron chi connectivity index (χ3n) is 2.26. The van der Waals surface area contributed by atoms with Crippen LogP contribution in [0.25, 0.3) is 0 Å². The van der Waals surface area contributed by atoms with Crippen molar-refractivity contribution in [1.82, 2.24) is 0 Å². The predicted molar refractivity (Wildman–Crippen MR) is 69.9 cm³/mol. The molecule has 3 nitrogen and oxygen atoms in total. The number of hydrogen-bond donors (Lipinski definition) is 1. The molecule has 1 atom stereocenters. The molecule has 4 heteroatoms. The third kappa shape index (κ3) is 3.13. The molecule has 86 valence electrons. The van der Waals surface area contributed by atoms with Gasteiger partial charge >= 0.3 is 7.52 Å². The number of nitrogens with zero attached hydrogens (tertiary/aromatic N) is 1. The summed E-state index contributed by atoms with van der Waals surface area (Å²) in [5, 5.41) is 0.340. The fourth-order valence-corrected chi connectivity index (χ4v) is 2.36. The van der Waals surface area contributed by atoms with Gasteiger partial charge in [-0.25, -0.2) is 4.76 Å². The molecular formula is C13H12NO2P. The van der Waals surface area contributed by atoms with Crippen molar-refractivity contribution >= 4 is 19.0 Å². The van der Waals surface area contributed by atoms with Gasteiger partial charge in [-0.1, -0.05) is 48.5 Å². The molecule has 1 unspecified atom stereocenters. The molecule has 17 heavy (non-hydrogen) atoms. The van der Waals surface area contributed by atoms with E-state index in [0.717, 1.165) is 5.56 Å². The van der Waals surface area contributed by atoms with Crippen LogP contribution in [0.1, 0.15) is 5.56 Å². The first-order chi connectivity index (χ1) is 8.18. The number of rotatable bonds is 3. The van der Waals surface area contributed by atoms with E-state index in [4.69, 9.17) is 0 Å². The lowest BCUT2D eigenvalue weighted by atomic mass is 10.2. The summed E-state index contributed by atoms with van der Waals surface area (Å²) in [6.07, 6.45) is 1.42. The summed E-state index contributed by atoms with van der Waals surface area (Å²) in [6.45, 7) is 0. The fourth-order valence-electron chi connectivity index (χ4n) is 1.37. The van der Waals surface area contributed by atoms with Gasteiger partial charge in [0.15, 0.2) is 0 Å². The van der Waals surface area contributed by atoms with E-state index in [1.165, 1.54) is 6.21 Å². The van der Waals surface area contributed by atoms with Gasteiger partial charge in [0.05, 0.1) is 5.30 Å². The van der Waals surface area contributed by atoms with Crippen LogP contribution >= 0.6 is 7.52 Å². The van der Waals surface area contributed by atoms with E-state index in [1.54, 1.807) is 30.3 Å². The van der Waals surface area contributed by atoms with Crippen LogP contribution in [0.3, 0.4) is 0 Å². The lowest BCUT2D eigenvalue weighted by Gasteiger charge is -2.04. The van der Waals surface area contributed by atoms with Crippen LogP contribution in [-0.2, 0) is 4.57 Å². The van der Waals surface area contributed by atoms with E-state index in [9.17, 15) is 9.46 Å². The molecule has 0 aromatic heterocycles. The summed E-state index contributed by atoms with van der Waals surface area (Å²) in [7, 11) is -3.64. The lowest BCUT2D eigenvalue weighted by Crippen LogP contribution is -2.01. The van der Waals surface area contributed by atoms with E-state index < -0.39 is 7.52 Å². The molecule has 0 aliphatic carbocycles. The average Bonchev–Trinajstić information content (AvgIpc) is 2.39. The molecule has 0 bridgehead atoms. The smallest absolute Gasteiger partial charge is 0.325 e. The minimum atomic E-state index is -3.64. The van der Waals surface area contributed by atoms with Gasteiger partial charge in [0, 0.05) is 6.21 Å². The van der Waals surface area contributed by atoms with Gasteiger partial charge in [0.2, 0.25) is 0 Å². The molecule has 0 radical (unpaired) electrons. The molecule has 0 heterocycles. The van der Waals surface area contributed by atoms with E-state index in [1.807, 2.05) is 30.3 Å². The Morgan fingerprint density at radius 3 is 2.06 bits per heavy atom. The second kappa shape index (κ2) is 5.09. The SMILES string of the molecule is O=P(O)(/N=C/c1ccccc1)c1ccccc1. The largest absolute Gasteiger partial charge is 0.342 e. The summed E-state index contributed by atoms with van der Waals surface area (Å²) in [4.78, 5) is 9.80. The summed E-state index contributed by atoms with van der Waals surface area (Å²) in [6, 6.07) is 17.7. The van der Waals surface area contributed by atoms with Crippen LogP contribution < -0.4 is 5.30 Å². The molecule has 0 amide bonds. The Hall–Kier alpha value is -1.70. The van der Waals surface area contributed by atoms with Crippen LogP contribution in [0.5, 0.6) is 0 Å². The molecule has 2 aromatic carbocycles. The van der Waals surface area contributed by atoms with Gasteiger partial charge < -0.3 is 4.89 Å². The van der Waals surface area contributed by atoms with Gasteiger partial charge in [-0.2, -0.15) is 0 Å². The zero-order valence-electron chi connectivity index (χ0n) is 9.10. The Balaban J connectivity index is 2.24. The molecular weight excluding hydrogens is 233 g/mol. The van der Waals surface area contributed by atoms with Crippen LogP contribution in [0.15, 0.2) is 65.4 Å². The highest BCUT2D eigenvalue weighted by Gasteiger charge is 2.18. The van der Waals surface area contributed by atoms with Crippen LogP contribution in [0.4, 0.5) is 0 Å².